The van der Waals surface area contributed by atoms with Gasteiger partial charge in [0, 0.05) is 30.6 Å². The molecule has 6 nitrogen and oxygen atoms in total. The van der Waals surface area contributed by atoms with E-state index in [0.29, 0.717) is 16.9 Å². The van der Waals surface area contributed by atoms with Gasteiger partial charge in [0.05, 0.1) is 17.3 Å². The van der Waals surface area contributed by atoms with Crippen molar-refractivity contribution >= 4 is 18.2 Å². The average molecular weight is 374 g/mol. The summed E-state index contributed by atoms with van der Waals surface area (Å²) < 4.78 is 21.1. The van der Waals surface area contributed by atoms with E-state index in [1.54, 1.807) is 30.1 Å². The van der Waals surface area contributed by atoms with Crippen LogP contribution in [0.15, 0.2) is 42.7 Å². The third-order valence-electron chi connectivity index (χ3n) is 3.87. The number of anilines is 1. The molecule has 2 N–H and O–H groups in total. The molecule has 0 bridgehead atoms. The Bertz CT molecular complexity index is 966. The second-order valence-corrected chi connectivity index (χ2v) is 5.55. The minimum absolute atomic E-state index is 0. The zero-order valence-electron chi connectivity index (χ0n) is 14.2. The molecule has 0 saturated carbocycles. The van der Waals surface area contributed by atoms with Gasteiger partial charge >= 0.3 is 0 Å². The molecule has 1 atom stereocenters. The lowest BCUT2D eigenvalue weighted by molar-refractivity contribution is 0.227. The van der Waals surface area contributed by atoms with Gasteiger partial charge in [0.1, 0.15) is 11.9 Å². The van der Waals surface area contributed by atoms with E-state index in [0.717, 1.165) is 11.3 Å². The van der Waals surface area contributed by atoms with E-state index in [-0.39, 0.29) is 18.2 Å². The van der Waals surface area contributed by atoms with Crippen LogP contribution < -0.4 is 10.5 Å². The Hall–Kier alpha value is -3.11. The topological polar surface area (TPSA) is 89.8 Å². The van der Waals surface area contributed by atoms with Gasteiger partial charge in [-0.15, -0.1) is 12.4 Å². The molecule has 2 aromatic heterocycles. The first kappa shape index (κ1) is 19.2. The number of nitriles is 1. The lowest BCUT2D eigenvalue weighted by atomic mass is 10.0. The highest BCUT2D eigenvalue weighted by molar-refractivity contribution is 5.85. The molecule has 3 rings (SSSR count). The van der Waals surface area contributed by atoms with Gasteiger partial charge in [0.25, 0.3) is 0 Å². The maximum atomic E-state index is 13.5. The highest BCUT2D eigenvalue weighted by Gasteiger charge is 2.16. The number of nitrogen functional groups attached to an aromatic ring is 1. The summed E-state index contributed by atoms with van der Waals surface area (Å²) in [5, 5.41) is 13.3. The third kappa shape index (κ3) is 3.76. The second kappa shape index (κ2) is 7.85. The Morgan fingerprint density at radius 2 is 2.08 bits per heavy atom. The number of nitrogens with zero attached hydrogens (tertiary/aromatic N) is 4. The second-order valence-electron chi connectivity index (χ2n) is 5.55. The number of rotatable bonds is 4. The normalized spacial score (nSPS) is 11.3. The van der Waals surface area contributed by atoms with Crippen molar-refractivity contribution in [2.75, 3.05) is 5.73 Å². The molecule has 134 valence electrons. The summed E-state index contributed by atoms with van der Waals surface area (Å²) >= 11 is 0. The van der Waals surface area contributed by atoms with E-state index in [1.807, 2.05) is 19.2 Å². The van der Waals surface area contributed by atoms with E-state index >= 15 is 0 Å². The number of hydrogen-bond acceptors (Lipinski definition) is 5. The van der Waals surface area contributed by atoms with Crippen LogP contribution >= 0.6 is 12.4 Å². The molecule has 0 aliphatic heterocycles. The van der Waals surface area contributed by atoms with Crippen LogP contribution in [0.2, 0.25) is 0 Å². The summed E-state index contributed by atoms with van der Waals surface area (Å²) in [6.07, 6.45) is 2.74. The zero-order valence-corrected chi connectivity index (χ0v) is 15.0. The zero-order chi connectivity index (χ0) is 18.0. The van der Waals surface area contributed by atoms with Gasteiger partial charge in [-0.05, 0) is 37.3 Å². The summed E-state index contributed by atoms with van der Waals surface area (Å²) in [6, 6.07) is 9.60. The molecular weight excluding hydrogens is 357 g/mol. The van der Waals surface area contributed by atoms with Crippen LogP contribution in [-0.2, 0) is 7.05 Å². The van der Waals surface area contributed by atoms with Crippen LogP contribution in [-0.4, -0.2) is 14.8 Å². The van der Waals surface area contributed by atoms with Crippen LogP contribution in [0.1, 0.15) is 24.2 Å². The molecule has 0 fully saturated rings. The van der Waals surface area contributed by atoms with Gasteiger partial charge in [-0.2, -0.15) is 10.4 Å². The van der Waals surface area contributed by atoms with Crippen LogP contribution in [0.25, 0.3) is 11.3 Å². The Balaban J connectivity index is 0.00000243. The number of aromatic nitrogens is 3. The van der Waals surface area contributed by atoms with Crippen molar-refractivity contribution in [3.05, 3.63) is 59.7 Å². The van der Waals surface area contributed by atoms with Crippen LogP contribution in [0.4, 0.5) is 10.2 Å². The predicted octanol–water partition coefficient (Wildman–Crippen LogP) is 3.64. The van der Waals surface area contributed by atoms with Gasteiger partial charge < -0.3 is 10.5 Å². The monoisotopic (exact) mass is 373 g/mol. The summed E-state index contributed by atoms with van der Waals surface area (Å²) in [5.74, 6) is 0.145. The first-order chi connectivity index (χ1) is 12.0. The molecule has 0 radical (unpaired) electrons. The van der Waals surface area contributed by atoms with E-state index < -0.39 is 11.9 Å². The van der Waals surface area contributed by atoms with E-state index in [2.05, 4.69) is 10.1 Å². The number of halogens is 2. The smallest absolute Gasteiger partial charge is 0.166 e. The maximum absolute atomic E-state index is 13.5. The molecule has 8 heteroatoms. The van der Waals surface area contributed by atoms with Crippen LogP contribution in [0.5, 0.6) is 5.75 Å². The van der Waals surface area contributed by atoms with Crippen molar-refractivity contribution in [3.8, 4) is 23.1 Å². The largest absolute Gasteiger partial charge is 0.482 e. The number of hydrogen-bond donors (Lipinski definition) is 1. The molecule has 2 heterocycles. The van der Waals surface area contributed by atoms with Gasteiger partial charge in [0.15, 0.2) is 11.6 Å². The van der Waals surface area contributed by atoms with Gasteiger partial charge in [0.2, 0.25) is 0 Å². The summed E-state index contributed by atoms with van der Waals surface area (Å²) in [6.45, 7) is 1.73. The highest BCUT2D eigenvalue weighted by atomic mass is 35.5. The fraction of sp³-hybridized carbons (Fsp3) is 0.167. The lowest BCUT2D eigenvalue weighted by Gasteiger charge is -2.18. The minimum atomic E-state index is -0.573. The molecule has 0 spiro atoms. The summed E-state index contributed by atoms with van der Waals surface area (Å²) in [5.41, 5.74) is 8.36. The van der Waals surface area contributed by atoms with Gasteiger partial charge in [-0.3, -0.25) is 4.68 Å². The average Bonchev–Trinajstić information content (AvgIpc) is 3.02. The molecule has 0 aliphatic carbocycles. The molecule has 3 aromatic rings. The molecule has 26 heavy (non-hydrogen) atoms. The quantitative estimate of drug-likeness (QED) is 0.754. The van der Waals surface area contributed by atoms with E-state index in [4.69, 9.17) is 10.5 Å². The molecule has 1 aromatic carbocycles. The number of nitrogens with two attached hydrogens (primary N) is 1. The van der Waals surface area contributed by atoms with Crippen molar-refractivity contribution in [3.63, 3.8) is 0 Å². The molecule has 1 unspecified atom stereocenters. The summed E-state index contributed by atoms with van der Waals surface area (Å²) in [7, 11) is 1.82. The first-order valence-electron chi connectivity index (χ1n) is 7.59. The van der Waals surface area contributed by atoms with Crippen molar-refractivity contribution in [2.24, 2.45) is 7.05 Å². The predicted molar refractivity (Wildman–Crippen MR) is 98.3 cm³/mol. The molecule has 0 amide bonds. The first-order valence-corrected chi connectivity index (χ1v) is 7.59. The number of pyridine rings is 1. The van der Waals surface area contributed by atoms with Gasteiger partial charge in [-0.1, -0.05) is 0 Å². The molecule has 0 saturated heterocycles. The SMILES string of the molecule is CC(Oc1cc(-c2ccnn2C)cnc1N)c1cc(F)ccc1C#N.Cl. The molecular formula is C18H17ClFN5O. The molecule has 0 aliphatic rings. The minimum Gasteiger partial charge on any atom is -0.482 e. The lowest BCUT2D eigenvalue weighted by Crippen LogP contribution is -2.08. The number of ether oxygens (including phenoxy) is 1. The van der Waals surface area contributed by atoms with Crippen LogP contribution in [0.3, 0.4) is 0 Å². The van der Waals surface area contributed by atoms with Crippen molar-refractivity contribution < 1.29 is 9.13 Å². The fourth-order valence-electron chi connectivity index (χ4n) is 2.57. The standard InChI is InChI=1S/C18H16FN5O.ClH/c1-11(15-8-14(19)4-3-12(15)9-20)25-17-7-13(10-22-18(17)21)16-5-6-23-24(16)2;/h3-8,10-11H,1-2H3,(H2,21,22);1H. The summed E-state index contributed by atoms with van der Waals surface area (Å²) in [4.78, 5) is 4.16. The number of aryl methyl sites for hydroxylation is 1. The van der Waals surface area contributed by atoms with Gasteiger partial charge in [-0.25, -0.2) is 9.37 Å². The van der Waals surface area contributed by atoms with Crippen molar-refractivity contribution in [1.29, 1.82) is 5.26 Å². The maximum Gasteiger partial charge on any atom is 0.166 e. The Morgan fingerprint density at radius 1 is 1.31 bits per heavy atom. The van der Waals surface area contributed by atoms with Crippen molar-refractivity contribution in [1.82, 2.24) is 14.8 Å². The van der Waals surface area contributed by atoms with Crippen molar-refractivity contribution in [2.45, 2.75) is 13.0 Å². The highest BCUT2D eigenvalue weighted by Crippen LogP contribution is 2.31. The van der Waals surface area contributed by atoms with E-state index in [9.17, 15) is 9.65 Å². The van der Waals surface area contributed by atoms with Crippen LogP contribution in [0, 0.1) is 17.1 Å². The van der Waals surface area contributed by atoms with E-state index in [1.165, 1.54) is 18.2 Å². The third-order valence-corrected chi connectivity index (χ3v) is 3.87. The Kier molecular flexibility index (Phi) is 5.80. The Morgan fingerprint density at radius 3 is 2.73 bits per heavy atom. The number of benzene rings is 1. The fourth-order valence-corrected chi connectivity index (χ4v) is 2.57. The Labute approximate surface area is 156 Å².